The molecule has 0 radical (unpaired) electrons. The number of nitrogens with zero attached hydrogens (tertiary/aromatic N) is 2. The van der Waals surface area contributed by atoms with Crippen LogP contribution in [-0.2, 0) is 4.79 Å². The predicted octanol–water partition coefficient (Wildman–Crippen LogP) is 0.522. The van der Waals surface area contributed by atoms with Crippen LogP contribution in [-0.4, -0.2) is 60.5 Å². The van der Waals surface area contributed by atoms with Crippen molar-refractivity contribution in [2.45, 2.75) is 44.6 Å². The number of rotatable bonds is 6. The lowest BCUT2D eigenvalue weighted by atomic mass is 10.0. The van der Waals surface area contributed by atoms with Crippen LogP contribution in [0.25, 0.3) is 0 Å². The Morgan fingerprint density at radius 2 is 1.95 bits per heavy atom. The lowest BCUT2D eigenvalue weighted by molar-refractivity contribution is -0.132. The standard InChI is InChI=1S/C14H26N4O2/c15-7-3-1-2-4-13(19)17-9-5-12(6-10-17)18-11-8-16-14(18)20/h12H,1-11,15H2,(H,16,20). The highest BCUT2D eigenvalue weighted by Crippen LogP contribution is 2.19. The molecule has 0 spiro atoms. The van der Waals surface area contributed by atoms with Gasteiger partial charge in [-0.2, -0.15) is 0 Å². The summed E-state index contributed by atoms with van der Waals surface area (Å²) in [6.07, 6.45) is 5.41. The van der Waals surface area contributed by atoms with E-state index in [0.29, 0.717) is 19.0 Å². The van der Waals surface area contributed by atoms with E-state index in [0.717, 1.165) is 58.3 Å². The summed E-state index contributed by atoms with van der Waals surface area (Å²) >= 11 is 0. The lowest BCUT2D eigenvalue weighted by Crippen LogP contribution is -2.47. The van der Waals surface area contributed by atoms with Gasteiger partial charge in [-0.25, -0.2) is 4.79 Å². The quantitative estimate of drug-likeness (QED) is 0.697. The largest absolute Gasteiger partial charge is 0.343 e. The van der Waals surface area contributed by atoms with Crippen LogP contribution in [0.2, 0.25) is 0 Å². The van der Waals surface area contributed by atoms with Crippen molar-refractivity contribution in [3.05, 3.63) is 0 Å². The number of unbranched alkanes of at least 4 members (excludes halogenated alkanes) is 2. The van der Waals surface area contributed by atoms with Crippen molar-refractivity contribution in [1.82, 2.24) is 15.1 Å². The van der Waals surface area contributed by atoms with Gasteiger partial charge in [0, 0.05) is 38.6 Å². The Balaban J connectivity index is 1.68. The van der Waals surface area contributed by atoms with Gasteiger partial charge in [0.1, 0.15) is 0 Å². The molecule has 2 heterocycles. The van der Waals surface area contributed by atoms with Crippen molar-refractivity contribution in [2.24, 2.45) is 5.73 Å². The van der Waals surface area contributed by atoms with Gasteiger partial charge < -0.3 is 20.9 Å². The van der Waals surface area contributed by atoms with Crippen molar-refractivity contribution in [1.29, 1.82) is 0 Å². The number of hydrogen-bond acceptors (Lipinski definition) is 3. The Bertz CT molecular complexity index is 340. The summed E-state index contributed by atoms with van der Waals surface area (Å²) in [7, 11) is 0. The number of hydrogen-bond donors (Lipinski definition) is 2. The molecule has 0 saturated carbocycles. The van der Waals surface area contributed by atoms with Gasteiger partial charge in [0.05, 0.1) is 0 Å². The van der Waals surface area contributed by atoms with Gasteiger partial charge in [-0.15, -0.1) is 0 Å². The zero-order valence-electron chi connectivity index (χ0n) is 12.1. The summed E-state index contributed by atoms with van der Waals surface area (Å²) in [5.74, 6) is 0.256. The van der Waals surface area contributed by atoms with Crippen molar-refractivity contribution in [3.63, 3.8) is 0 Å². The first-order valence-electron chi connectivity index (χ1n) is 7.74. The first-order valence-corrected chi connectivity index (χ1v) is 7.74. The lowest BCUT2D eigenvalue weighted by Gasteiger charge is -2.36. The molecule has 0 unspecified atom stereocenters. The number of carbonyl (C=O) groups is 2. The number of amides is 3. The molecule has 20 heavy (non-hydrogen) atoms. The molecule has 2 aliphatic heterocycles. The van der Waals surface area contributed by atoms with E-state index in [1.54, 1.807) is 0 Å². The summed E-state index contributed by atoms with van der Waals surface area (Å²) in [5.41, 5.74) is 5.44. The van der Waals surface area contributed by atoms with E-state index >= 15 is 0 Å². The average Bonchev–Trinajstić information content (AvgIpc) is 2.90. The molecule has 3 amide bonds. The molecule has 2 saturated heterocycles. The molecule has 114 valence electrons. The van der Waals surface area contributed by atoms with E-state index in [4.69, 9.17) is 5.73 Å². The average molecular weight is 282 g/mol. The Morgan fingerprint density at radius 3 is 2.55 bits per heavy atom. The maximum atomic E-state index is 12.1. The Labute approximate surface area is 120 Å². The highest BCUT2D eigenvalue weighted by Gasteiger charge is 2.31. The summed E-state index contributed by atoms with van der Waals surface area (Å²) in [6.45, 7) is 3.82. The fourth-order valence-electron chi connectivity index (χ4n) is 3.02. The van der Waals surface area contributed by atoms with Gasteiger partial charge in [-0.05, 0) is 32.2 Å². The Kier molecular flexibility index (Phi) is 5.64. The van der Waals surface area contributed by atoms with Gasteiger partial charge in [-0.1, -0.05) is 6.42 Å². The van der Waals surface area contributed by atoms with E-state index < -0.39 is 0 Å². The predicted molar refractivity (Wildman–Crippen MR) is 77.2 cm³/mol. The minimum absolute atomic E-state index is 0.0524. The minimum atomic E-state index is 0.0524. The number of nitrogens with one attached hydrogen (secondary N) is 1. The third-order valence-corrected chi connectivity index (χ3v) is 4.24. The summed E-state index contributed by atoms with van der Waals surface area (Å²) in [4.78, 5) is 27.5. The molecule has 6 heteroatoms. The fourth-order valence-corrected chi connectivity index (χ4v) is 3.02. The zero-order chi connectivity index (χ0) is 14.4. The SMILES string of the molecule is NCCCCCC(=O)N1CCC(N2CCNC2=O)CC1. The van der Waals surface area contributed by atoms with Crippen molar-refractivity contribution < 1.29 is 9.59 Å². The van der Waals surface area contributed by atoms with Crippen LogP contribution in [0.4, 0.5) is 4.79 Å². The van der Waals surface area contributed by atoms with Crippen LogP contribution in [0.1, 0.15) is 38.5 Å². The summed E-state index contributed by atoms with van der Waals surface area (Å²) in [5, 5.41) is 2.84. The zero-order valence-corrected chi connectivity index (χ0v) is 12.1. The van der Waals surface area contributed by atoms with Crippen LogP contribution < -0.4 is 11.1 Å². The maximum absolute atomic E-state index is 12.1. The summed E-state index contributed by atoms with van der Waals surface area (Å²) in [6, 6.07) is 0.357. The van der Waals surface area contributed by atoms with Crippen LogP contribution in [0.15, 0.2) is 0 Å². The third kappa shape index (κ3) is 3.85. The summed E-state index contributed by atoms with van der Waals surface area (Å²) < 4.78 is 0. The van der Waals surface area contributed by atoms with Crippen LogP contribution in [0.3, 0.4) is 0 Å². The van der Waals surface area contributed by atoms with Crippen LogP contribution in [0, 0.1) is 0 Å². The number of nitrogens with two attached hydrogens (primary N) is 1. The van der Waals surface area contributed by atoms with Crippen molar-refractivity contribution in [3.8, 4) is 0 Å². The second kappa shape index (κ2) is 7.47. The molecule has 0 aromatic heterocycles. The molecule has 2 aliphatic rings. The van der Waals surface area contributed by atoms with E-state index in [1.165, 1.54) is 0 Å². The van der Waals surface area contributed by atoms with Gasteiger partial charge in [-0.3, -0.25) is 4.79 Å². The molecule has 0 aromatic rings. The van der Waals surface area contributed by atoms with Crippen molar-refractivity contribution >= 4 is 11.9 Å². The van der Waals surface area contributed by atoms with Gasteiger partial charge in [0.25, 0.3) is 0 Å². The first-order chi connectivity index (χ1) is 9.72. The normalized spacial score (nSPS) is 20.4. The molecule has 0 aliphatic carbocycles. The van der Waals surface area contributed by atoms with Gasteiger partial charge in [0.2, 0.25) is 5.91 Å². The molecular formula is C14H26N4O2. The molecule has 2 rings (SSSR count). The molecule has 0 aromatic carbocycles. The van der Waals surface area contributed by atoms with E-state index in [2.05, 4.69) is 5.32 Å². The van der Waals surface area contributed by atoms with E-state index in [9.17, 15) is 9.59 Å². The number of piperidine rings is 1. The molecule has 6 nitrogen and oxygen atoms in total. The molecular weight excluding hydrogens is 256 g/mol. The third-order valence-electron chi connectivity index (χ3n) is 4.24. The number of urea groups is 1. The van der Waals surface area contributed by atoms with Crippen molar-refractivity contribution in [2.75, 3.05) is 32.7 Å². The fraction of sp³-hybridized carbons (Fsp3) is 0.857. The van der Waals surface area contributed by atoms with Gasteiger partial charge in [0.15, 0.2) is 0 Å². The Hall–Kier alpha value is -1.30. The second-order valence-electron chi connectivity index (χ2n) is 5.64. The van der Waals surface area contributed by atoms with Crippen LogP contribution >= 0.6 is 0 Å². The minimum Gasteiger partial charge on any atom is -0.343 e. The van der Waals surface area contributed by atoms with Crippen LogP contribution in [0.5, 0.6) is 0 Å². The van der Waals surface area contributed by atoms with E-state index in [-0.39, 0.29) is 11.9 Å². The monoisotopic (exact) mass is 282 g/mol. The Morgan fingerprint density at radius 1 is 1.20 bits per heavy atom. The maximum Gasteiger partial charge on any atom is 0.317 e. The topological polar surface area (TPSA) is 78.7 Å². The second-order valence-corrected chi connectivity index (χ2v) is 5.64. The number of likely N-dealkylation sites (tertiary alicyclic amines) is 1. The van der Waals surface area contributed by atoms with E-state index in [1.807, 2.05) is 9.80 Å². The smallest absolute Gasteiger partial charge is 0.317 e. The number of carbonyl (C=O) groups excluding carboxylic acids is 2. The highest BCUT2D eigenvalue weighted by atomic mass is 16.2. The van der Waals surface area contributed by atoms with Gasteiger partial charge >= 0.3 is 6.03 Å². The first kappa shape index (κ1) is 15.1. The molecule has 0 atom stereocenters. The molecule has 0 bridgehead atoms. The molecule has 2 fully saturated rings. The molecule has 3 N–H and O–H groups in total. The highest BCUT2D eigenvalue weighted by molar-refractivity contribution is 5.77.